The van der Waals surface area contributed by atoms with Crippen LogP contribution in [0.1, 0.15) is 19.8 Å². The molecular formula is C11H15N3O3S. The summed E-state index contributed by atoms with van der Waals surface area (Å²) in [4.78, 5) is 15.7. The van der Waals surface area contributed by atoms with E-state index in [9.17, 15) is 13.2 Å². The summed E-state index contributed by atoms with van der Waals surface area (Å²) in [5.41, 5.74) is -0.748. The van der Waals surface area contributed by atoms with E-state index in [1.165, 1.54) is 17.1 Å². The van der Waals surface area contributed by atoms with Crippen LogP contribution in [0, 0.1) is 5.41 Å². The molecule has 0 radical (unpaired) electrons. The summed E-state index contributed by atoms with van der Waals surface area (Å²) in [7, 11) is -2.22. The fourth-order valence-electron chi connectivity index (χ4n) is 1.82. The number of nitrogens with zero attached hydrogens (tertiary/aromatic N) is 2. The molecule has 0 spiro atoms. The predicted molar refractivity (Wildman–Crippen MR) is 65.0 cm³/mol. The Hall–Kier alpha value is -1.63. The lowest BCUT2D eigenvalue weighted by Gasteiger charge is -2.19. The van der Waals surface area contributed by atoms with Gasteiger partial charge in [0.2, 0.25) is 5.91 Å². The normalized spacial score (nSPS) is 23.2. The van der Waals surface area contributed by atoms with Crippen molar-refractivity contribution in [3.05, 3.63) is 24.7 Å². The van der Waals surface area contributed by atoms with E-state index in [1.807, 2.05) is 6.08 Å². The fourth-order valence-corrected chi connectivity index (χ4v) is 2.89. The van der Waals surface area contributed by atoms with Crippen molar-refractivity contribution in [1.29, 1.82) is 0 Å². The Balaban J connectivity index is 2.19. The van der Waals surface area contributed by atoms with Crippen molar-refractivity contribution in [1.82, 2.24) is 14.3 Å². The largest absolute Gasteiger partial charge is 0.339 e. The maximum Gasteiger partial charge on any atom is 0.283 e. The van der Waals surface area contributed by atoms with Crippen molar-refractivity contribution >= 4 is 15.9 Å². The number of nitrogens with one attached hydrogen (secondary N) is 1. The molecule has 1 unspecified atom stereocenters. The molecule has 0 saturated carbocycles. The highest BCUT2D eigenvalue weighted by Crippen LogP contribution is 2.31. The molecule has 1 aliphatic rings. The number of carbonyl (C=O) groups is 1. The first-order chi connectivity index (χ1) is 8.33. The highest BCUT2D eigenvalue weighted by atomic mass is 32.2. The second-order valence-corrected chi connectivity index (χ2v) is 6.30. The number of aryl methyl sites for hydroxylation is 1. The molecular weight excluding hydrogens is 254 g/mol. The van der Waals surface area contributed by atoms with Crippen molar-refractivity contribution in [3.8, 4) is 0 Å². The molecule has 0 saturated heterocycles. The Kier molecular flexibility index (Phi) is 3.02. The summed E-state index contributed by atoms with van der Waals surface area (Å²) in [6.45, 7) is 1.72. The summed E-state index contributed by atoms with van der Waals surface area (Å²) in [6, 6.07) is 0. The first-order valence-corrected chi connectivity index (χ1v) is 7.05. The molecule has 7 heteroatoms. The number of carbonyl (C=O) groups excluding carboxylic acids is 1. The molecule has 0 aromatic carbocycles. The van der Waals surface area contributed by atoms with Gasteiger partial charge in [-0.05, 0) is 19.8 Å². The maximum absolute atomic E-state index is 12.0. The molecule has 1 aliphatic carbocycles. The van der Waals surface area contributed by atoms with Gasteiger partial charge in [-0.15, -0.1) is 0 Å². The van der Waals surface area contributed by atoms with E-state index in [0.29, 0.717) is 6.42 Å². The van der Waals surface area contributed by atoms with E-state index >= 15 is 0 Å². The first-order valence-electron chi connectivity index (χ1n) is 5.56. The van der Waals surface area contributed by atoms with Crippen LogP contribution in [-0.4, -0.2) is 23.9 Å². The smallest absolute Gasteiger partial charge is 0.283 e. The number of amides is 1. The van der Waals surface area contributed by atoms with Crippen LogP contribution in [0.2, 0.25) is 0 Å². The lowest BCUT2D eigenvalue weighted by atomic mass is 9.90. The molecule has 0 bridgehead atoms. The lowest BCUT2D eigenvalue weighted by molar-refractivity contribution is -0.125. The van der Waals surface area contributed by atoms with Crippen LogP contribution in [0.15, 0.2) is 29.7 Å². The highest BCUT2D eigenvalue weighted by molar-refractivity contribution is 7.90. The molecule has 18 heavy (non-hydrogen) atoms. The minimum absolute atomic E-state index is 0.149. The average molecular weight is 269 g/mol. The van der Waals surface area contributed by atoms with Gasteiger partial charge in [-0.3, -0.25) is 4.79 Å². The number of hydrogen-bond donors (Lipinski definition) is 1. The van der Waals surface area contributed by atoms with Crippen molar-refractivity contribution < 1.29 is 13.2 Å². The average Bonchev–Trinajstić information content (AvgIpc) is 2.87. The molecule has 0 aliphatic heterocycles. The molecule has 98 valence electrons. The predicted octanol–water partition coefficient (Wildman–Crippen LogP) is 0.581. The van der Waals surface area contributed by atoms with Crippen LogP contribution < -0.4 is 4.72 Å². The quantitative estimate of drug-likeness (QED) is 0.814. The van der Waals surface area contributed by atoms with E-state index in [2.05, 4.69) is 9.71 Å². The maximum atomic E-state index is 12.0. The van der Waals surface area contributed by atoms with E-state index in [4.69, 9.17) is 0 Å². The number of rotatable bonds is 3. The Morgan fingerprint density at radius 3 is 2.78 bits per heavy atom. The second-order valence-electron chi connectivity index (χ2n) is 4.67. The van der Waals surface area contributed by atoms with Gasteiger partial charge >= 0.3 is 0 Å². The van der Waals surface area contributed by atoms with Gasteiger partial charge in [0.1, 0.15) is 0 Å². The van der Waals surface area contributed by atoms with Gasteiger partial charge in [0, 0.05) is 13.2 Å². The van der Waals surface area contributed by atoms with Gasteiger partial charge in [0.25, 0.3) is 10.0 Å². The number of hydrogen-bond acceptors (Lipinski definition) is 4. The highest BCUT2D eigenvalue weighted by Gasteiger charge is 2.35. The summed E-state index contributed by atoms with van der Waals surface area (Å²) in [5.74, 6) is -0.512. The minimum atomic E-state index is -3.88. The number of imidazole rings is 1. The Morgan fingerprint density at radius 1 is 1.56 bits per heavy atom. The van der Waals surface area contributed by atoms with Crippen LogP contribution >= 0.6 is 0 Å². The molecule has 1 aromatic rings. The van der Waals surface area contributed by atoms with Gasteiger partial charge in [0.05, 0.1) is 11.7 Å². The van der Waals surface area contributed by atoms with Gasteiger partial charge in [-0.1, -0.05) is 12.2 Å². The van der Waals surface area contributed by atoms with E-state index in [1.54, 1.807) is 20.0 Å². The molecule has 1 atom stereocenters. The second kappa shape index (κ2) is 4.24. The third-order valence-corrected chi connectivity index (χ3v) is 4.23. The third-order valence-electron chi connectivity index (χ3n) is 3.02. The lowest BCUT2D eigenvalue weighted by Crippen LogP contribution is -2.40. The molecule has 1 amide bonds. The minimum Gasteiger partial charge on any atom is -0.339 e. The summed E-state index contributed by atoms with van der Waals surface area (Å²) in [6.07, 6.45) is 7.76. The SMILES string of the molecule is Cn1cnc(S(=O)(=O)NC(=O)C2(C)C=CCC2)c1. The van der Waals surface area contributed by atoms with Gasteiger partial charge in [0.15, 0.2) is 5.03 Å². The Labute approximate surface area is 106 Å². The summed E-state index contributed by atoms with van der Waals surface area (Å²) >= 11 is 0. The van der Waals surface area contributed by atoms with Crippen molar-refractivity contribution in [3.63, 3.8) is 0 Å². The van der Waals surface area contributed by atoms with Crippen LogP contribution in [0.4, 0.5) is 0 Å². The van der Waals surface area contributed by atoms with E-state index in [0.717, 1.165) is 6.42 Å². The first kappa shape index (κ1) is 12.8. The number of allylic oxidation sites excluding steroid dienone is 1. The number of sulfonamides is 1. The van der Waals surface area contributed by atoms with Crippen molar-refractivity contribution in [2.75, 3.05) is 0 Å². The zero-order valence-corrected chi connectivity index (χ0v) is 11.1. The zero-order chi connectivity index (χ0) is 13.4. The fraction of sp³-hybridized carbons (Fsp3) is 0.455. The van der Waals surface area contributed by atoms with Gasteiger partial charge < -0.3 is 4.57 Å². The van der Waals surface area contributed by atoms with Gasteiger partial charge in [-0.2, -0.15) is 8.42 Å². The molecule has 1 aromatic heterocycles. The summed E-state index contributed by atoms with van der Waals surface area (Å²) < 4.78 is 27.4. The van der Waals surface area contributed by atoms with Gasteiger partial charge in [-0.25, -0.2) is 9.71 Å². The van der Waals surface area contributed by atoms with Crippen molar-refractivity contribution in [2.24, 2.45) is 12.5 Å². The van der Waals surface area contributed by atoms with Crippen LogP contribution in [0.25, 0.3) is 0 Å². The topological polar surface area (TPSA) is 81.1 Å². The zero-order valence-electron chi connectivity index (χ0n) is 10.3. The Morgan fingerprint density at radius 2 is 2.28 bits per heavy atom. The Bertz CT molecular complexity index is 603. The summed E-state index contributed by atoms with van der Waals surface area (Å²) in [5, 5.41) is -0.149. The van der Waals surface area contributed by atoms with Crippen LogP contribution in [-0.2, 0) is 21.9 Å². The van der Waals surface area contributed by atoms with Crippen LogP contribution in [0.3, 0.4) is 0 Å². The standard InChI is InChI=1S/C11H15N3O3S/c1-11(5-3-4-6-11)10(15)13-18(16,17)9-7-14(2)8-12-9/h3,5,7-8H,4,6H2,1-2H3,(H,13,15). The molecule has 1 N–H and O–H groups in total. The number of aromatic nitrogens is 2. The third kappa shape index (κ3) is 2.31. The van der Waals surface area contributed by atoms with Crippen LogP contribution in [0.5, 0.6) is 0 Å². The van der Waals surface area contributed by atoms with E-state index in [-0.39, 0.29) is 5.03 Å². The molecule has 1 heterocycles. The van der Waals surface area contributed by atoms with E-state index < -0.39 is 21.3 Å². The molecule has 2 rings (SSSR count). The molecule has 0 fully saturated rings. The molecule has 6 nitrogen and oxygen atoms in total. The van der Waals surface area contributed by atoms with Crippen molar-refractivity contribution in [2.45, 2.75) is 24.8 Å². The monoisotopic (exact) mass is 269 g/mol.